The summed E-state index contributed by atoms with van der Waals surface area (Å²) in [5.41, 5.74) is 3.02. The van der Waals surface area contributed by atoms with Crippen LogP contribution in [0.5, 0.6) is 0 Å². The van der Waals surface area contributed by atoms with E-state index in [0.29, 0.717) is 23.4 Å². The number of aromatic carboxylic acids is 1. The van der Waals surface area contributed by atoms with E-state index in [1.54, 1.807) is 6.07 Å². The average molecular weight is 530 g/mol. The van der Waals surface area contributed by atoms with Crippen LogP contribution in [0.3, 0.4) is 0 Å². The molecule has 0 spiro atoms. The molecule has 1 heterocycles. The van der Waals surface area contributed by atoms with Gasteiger partial charge in [-0.1, -0.05) is 22.6 Å². The lowest BCUT2D eigenvalue weighted by atomic mass is 9.97. The van der Waals surface area contributed by atoms with Crippen molar-refractivity contribution in [2.24, 2.45) is 0 Å². The summed E-state index contributed by atoms with van der Waals surface area (Å²) in [5, 5.41) is 20.9. The maximum Gasteiger partial charge on any atom is 0.336 e. The van der Waals surface area contributed by atoms with Crippen molar-refractivity contribution in [3.05, 3.63) is 33.8 Å². The molecule has 0 fully saturated rings. The van der Waals surface area contributed by atoms with Gasteiger partial charge in [0.25, 0.3) is 0 Å². The summed E-state index contributed by atoms with van der Waals surface area (Å²) >= 11 is 3.67. The zero-order chi connectivity index (χ0) is 21.3. The number of thiazole rings is 1. The Kier molecular flexibility index (Phi) is 6.79. The molecule has 2 N–H and O–H groups in total. The summed E-state index contributed by atoms with van der Waals surface area (Å²) < 4.78 is 5.28. The number of benzene rings is 1. The Morgan fingerprint density at radius 3 is 2.66 bits per heavy atom. The van der Waals surface area contributed by atoms with Crippen LogP contribution in [0.4, 0.5) is 5.69 Å². The molecule has 9 heteroatoms. The first-order valence-electron chi connectivity index (χ1n) is 9.23. The zero-order valence-electron chi connectivity index (χ0n) is 16.4. The van der Waals surface area contributed by atoms with Gasteiger partial charge in [0.1, 0.15) is 5.01 Å². The first-order chi connectivity index (χ1) is 13.7. The van der Waals surface area contributed by atoms with Crippen molar-refractivity contribution in [1.82, 2.24) is 4.98 Å². The largest absolute Gasteiger partial charge is 0.478 e. The minimum absolute atomic E-state index is 0.152. The molecule has 0 saturated carbocycles. The van der Waals surface area contributed by atoms with E-state index in [9.17, 15) is 19.8 Å². The minimum Gasteiger partial charge on any atom is -0.478 e. The summed E-state index contributed by atoms with van der Waals surface area (Å²) in [6.45, 7) is 1.50. The molecule has 1 aromatic carbocycles. The predicted octanol–water partition coefficient (Wildman–Crippen LogP) is 3.98. The van der Waals surface area contributed by atoms with Crippen molar-refractivity contribution in [2.45, 2.75) is 36.2 Å². The number of ether oxygens (including phenoxy) is 1. The van der Waals surface area contributed by atoms with E-state index in [0.717, 1.165) is 28.2 Å². The van der Waals surface area contributed by atoms with Crippen molar-refractivity contribution in [3.8, 4) is 10.6 Å². The van der Waals surface area contributed by atoms with Gasteiger partial charge in [-0.05, 0) is 30.5 Å². The Morgan fingerprint density at radius 2 is 2.07 bits per heavy atom. The average Bonchev–Trinajstić information content (AvgIpc) is 3.10. The summed E-state index contributed by atoms with van der Waals surface area (Å²) in [6.07, 6.45) is 1.31. The lowest BCUT2D eigenvalue weighted by Crippen LogP contribution is -2.13. The number of anilines is 1. The van der Waals surface area contributed by atoms with Gasteiger partial charge in [0, 0.05) is 38.7 Å². The standard InChI is InChI=1S/C20H23IN2O5S/c1-10(24)28-7-6-11-8-12(23(2)3)9-13(20(26)27)16(11)19-22-17-14(21)4-5-15(25)18(17)29-19/h8-9,14-15,25H,4-7H2,1-3H3,(H,26,27). The van der Waals surface area contributed by atoms with Crippen molar-refractivity contribution in [2.75, 3.05) is 25.6 Å². The number of hydrogen-bond donors (Lipinski definition) is 2. The van der Waals surface area contributed by atoms with Gasteiger partial charge in [0.15, 0.2) is 0 Å². The van der Waals surface area contributed by atoms with Gasteiger partial charge in [0.05, 0.1) is 32.8 Å². The molecule has 1 aliphatic carbocycles. The second-order valence-electron chi connectivity index (χ2n) is 7.15. The molecule has 2 unspecified atom stereocenters. The molecular formula is C20H23IN2O5S. The zero-order valence-corrected chi connectivity index (χ0v) is 19.4. The van der Waals surface area contributed by atoms with Crippen LogP contribution >= 0.6 is 33.9 Å². The van der Waals surface area contributed by atoms with Gasteiger partial charge in [0.2, 0.25) is 0 Å². The lowest BCUT2D eigenvalue weighted by Gasteiger charge is -2.19. The molecule has 0 aliphatic heterocycles. The second kappa shape index (κ2) is 8.97. The fourth-order valence-electron chi connectivity index (χ4n) is 3.35. The Morgan fingerprint density at radius 1 is 1.34 bits per heavy atom. The normalized spacial score (nSPS) is 18.2. The summed E-state index contributed by atoms with van der Waals surface area (Å²) in [6, 6.07) is 3.54. The van der Waals surface area contributed by atoms with E-state index in [1.807, 2.05) is 25.1 Å². The van der Waals surface area contributed by atoms with Gasteiger partial charge < -0.3 is 19.8 Å². The van der Waals surface area contributed by atoms with Crippen LogP contribution in [0.15, 0.2) is 12.1 Å². The van der Waals surface area contributed by atoms with E-state index < -0.39 is 12.1 Å². The lowest BCUT2D eigenvalue weighted by molar-refractivity contribution is -0.140. The van der Waals surface area contributed by atoms with Crippen molar-refractivity contribution < 1.29 is 24.5 Å². The van der Waals surface area contributed by atoms with E-state index in [2.05, 4.69) is 22.6 Å². The third-order valence-electron chi connectivity index (χ3n) is 4.82. The van der Waals surface area contributed by atoms with Gasteiger partial charge in [-0.15, -0.1) is 11.3 Å². The van der Waals surface area contributed by atoms with Crippen LogP contribution in [-0.4, -0.2) is 47.8 Å². The number of aliphatic hydroxyl groups excluding tert-OH is 1. The molecule has 1 aromatic heterocycles. The van der Waals surface area contributed by atoms with Crippen LogP contribution in [0.25, 0.3) is 10.6 Å². The molecule has 3 rings (SSSR count). The number of carbonyl (C=O) groups excluding carboxylic acids is 1. The number of carboxylic acid groups (broad SMARTS) is 1. The summed E-state index contributed by atoms with van der Waals surface area (Å²) in [4.78, 5) is 30.7. The number of fused-ring (bicyclic) bond motifs is 1. The van der Waals surface area contributed by atoms with E-state index in [1.165, 1.54) is 18.3 Å². The monoisotopic (exact) mass is 530 g/mol. The number of alkyl halides is 1. The van der Waals surface area contributed by atoms with Gasteiger partial charge >= 0.3 is 11.9 Å². The van der Waals surface area contributed by atoms with Crippen molar-refractivity contribution in [1.29, 1.82) is 0 Å². The fraction of sp³-hybridized carbons (Fsp3) is 0.450. The highest BCUT2D eigenvalue weighted by molar-refractivity contribution is 14.1. The predicted molar refractivity (Wildman–Crippen MR) is 120 cm³/mol. The topological polar surface area (TPSA) is 100.0 Å². The number of halogens is 1. The smallest absolute Gasteiger partial charge is 0.336 e. The highest BCUT2D eigenvalue weighted by Gasteiger charge is 2.31. The van der Waals surface area contributed by atoms with Gasteiger partial charge in [-0.2, -0.15) is 0 Å². The molecule has 0 saturated heterocycles. The number of carbonyl (C=O) groups is 2. The van der Waals surface area contributed by atoms with Crippen LogP contribution in [0.2, 0.25) is 0 Å². The van der Waals surface area contributed by atoms with E-state index in [-0.39, 0.29) is 22.1 Å². The van der Waals surface area contributed by atoms with E-state index >= 15 is 0 Å². The fourth-order valence-corrected chi connectivity index (χ4v) is 5.64. The van der Waals surface area contributed by atoms with E-state index in [4.69, 9.17) is 9.72 Å². The molecule has 0 radical (unpaired) electrons. The van der Waals surface area contributed by atoms with Crippen molar-refractivity contribution >= 4 is 51.6 Å². The Balaban J connectivity index is 2.16. The Bertz CT molecular complexity index is 916. The third kappa shape index (κ3) is 4.72. The number of aromatic nitrogens is 1. The third-order valence-corrected chi connectivity index (χ3v) is 7.22. The highest BCUT2D eigenvalue weighted by Crippen LogP contribution is 2.46. The van der Waals surface area contributed by atoms with Gasteiger partial charge in [-0.25, -0.2) is 9.78 Å². The Hall–Kier alpha value is -1.72. The summed E-state index contributed by atoms with van der Waals surface area (Å²) in [7, 11) is 3.69. The molecule has 1 aliphatic rings. The molecule has 0 bridgehead atoms. The molecule has 0 amide bonds. The quantitative estimate of drug-likeness (QED) is 0.331. The number of rotatable bonds is 6. The van der Waals surface area contributed by atoms with Crippen LogP contribution in [-0.2, 0) is 16.0 Å². The summed E-state index contributed by atoms with van der Waals surface area (Å²) in [5.74, 6) is -1.42. The highest BCUT2D eigenvalue weighted by atomic mass is 127. The van der Waals surface area contributed by atoms with Crippen LogP contribution in [0, 0.1) is 0 Å². The number of aliphatic hydroxyl groups is 1. The maximum atomic E-state index is 12.1. The molecular weight excluding hydrogens is 507 g/mol. The minimum atomic E-state index is -1.04. The number of nitrogens with zero attached hydrogens (tertiary/aromatic N) is 2. The molecule has 7 nitrogen and oxygen atoms in total. The molecule has 2 aromatic rings. The first kappa shape index (κ1) is 22.0. The van der Waals surface area contributed by atoms with Crippen LogP contribution in [0.1, 0.15) is 56.3 Å². The maximum absolute atomic E-state index is 12.1. The van der Waals surface area contributed by atoms with Crippen molar-refractivity contribution in [3.63, 3.8) is 0 Å². The van der Waals surface area contributed by atoms with Crippen LogP contribution < -0.4 is 4.90 Å². The Labute approximate surface area is 186 Å². The SMILES string of the molecule is CC(=O)OCCc1cc(N(C)C)cc(C(=O)O)c1-c1nc2c(s1)C(O)CCC2I. The number of esters is 1. The number of carboxylic acids is 1. The molecule has 156 valence electrons. The molecule has 29 heavy (non-hydrogen) atoms. The second-order valence-corrected chi connectivity index (χ2v) is 9.68. The first-order valence-corrected chi connectivity index (χ1v) is 11.3. The number of hydrogen-bond acceptors (Lipinski definition) is 7. The molecule has 2 atom stereocenters. The van der Waals surface area contributed by atoms with Gasteiger partial charge in [-0.3, -0.25) is 4.79 Å².